The van der Waals surface area contributed by atoms with E-state index < -0.39 is 5.12 Å². The van der Waals surface area contributed by atoms with Crippen LogP contribution in [0, 0.1) is 11.8 Å². The molecule has 0 N–H and O–H groups in total. The van der Waals surface area contributed by atoms with E-state index in [1.54, 1.807) is 0 Å². The molecule has 0 bridgehead atoms. The normalized spacial score (nSPS) is 14.1. The largest absolute Gasteiger partial charge is 0.380 e. The Balaban J connectivity index is 4.45. The Kier molecular flexibility index (Phi) is 7.48. The molecule has 0 amide bonds. The van der Waals surface area contributed by atoms with Crippen molar-refractivity contribution in [2.45, 2.75) is 32.7 Å². The minimum absolute atomic E-state index is 0.296. The maximum Gasteiger partial charge on any atom is 0.259 e. The van der Waals surface area contributed by atoms with E-state index in [-0.39, 0.29) is 5.54 Å². The van der Waals surface area contributed by atoms with Crippen molar-refractivity contribution in [1.29, 1.82) is 0 Å². The lowest BCUT2D eigenvalue weighted by atomic mass is 9.98. The van der Waals surface area contributed by atoms with Gasteiger partial charge in [-0.05, 0) is 33.2 Å². The Labute approximate surface area is 104 Å². The van der Waals surface area contributed by atoms with Gasteiger partial charge in [-0.3, -0.25) is 9.69 Å². The molecule has 92 valence electrons. The maximum absolute atomic E-state index is 10.7. The third-order valence-electron chi connectivity index (χ3n) is 2.74. The predicted molar refractivity (Wildman–Crippen MR) is 69.6 cm³/mol. The number of hydrogen-bond acceptors (Lipinski definition) is 3. The fraction of sp³-hybridized carbons (Fsp3) is 0.750. The van der Waals surface area contributed by atoms with Gasteiger partial charge in [-0.1, -0.05) is 25.5 Å². The summed E-state index contributed by atoms with van der Waals surface area (Å²) in [6, 6.07) is 0. The summed E-state index contributed by atoms with van der Waals surface area (Å²) >= 11 is 3.65. The summed E-state index contributed by atoms with van der Waals surface area (Å²) in [4.78, 5) is 12.8. The van der Waals surface area contributed by atoms with Gasteiger partial charge in [0, 0.05) is 13.2 Å². The Hall–Kier alpha value is -0.500. The molecule has 0 heterocycles. The molecule has 0 aromatic carbocycles. The fourth-order valence-electron chi connectivity index (χ4n) is 1.23. The first-order valence-corrected chi connectivity index (χ1v) is 5.96. The second-order valence-corrected chi connectivity index (χ2v) is 4.21. The van der Waals surface area contributed by atoms with Crippen molar-refractivity contribution in [3.05, 3.63) is 0 Å². The average molecular weight is 243 g/mol. The van der Waals surface area contributed by atoms with Gasteiger partial charge in [0.2, 0.25) is 0 Å². The van der Waals surface area contributed by atoms with Gasteiger partial charge in [0.15, 0.2) is 0 Å². The Morgan fingerprint density at radius 1 is 1.50 bits per heavy atom. The van der Waals surface area contributed by atoms with Crippen LogP contribution in [0.25, 0.3) is 0 Å². The van der Waals surface area contributed by atoms with Crippen LogP contribution in [0.2, 0.25) is 0 Å². The van der Waals surface area contributed by atoms with Gasteiger partial charge in [-0.25, -0.2) is 0 Å². The summed E-state index contributed by atoms with van der Waals surface area (Å²) < 4.78 is 5.30. The Morgan fingerprint density at radius 2 is 2.12 bits per heavy atom. The molecule has 0 saturated heterocycles. The van der Waals surface area contributed by atoms with Crippen molar-refractivity contribution in [1.82, 2.24) is 4.90 Å². The van der Waals surface area contributed by atoms with E-state index in [9.17, 15) is 4.79 Å². The molecule has 0 aliphatic heterocycles. The molecule has 0 fully saturated rings. The number of carbonyl (C=O) groups excluding carboxylic acids is 1. The highest BCUT2D eigenvalue weighted by Crippen LogP contribution is 2.16. The van der Waals surface area contributed by atoms with Crippen LogP contribution in [-0.4, -0.2) is 42.4 Å². The SMILES string of the molecule is CCOCCN(C)C(C)(C#CC(=O)S)CC. The van der Waals surface area contributed by atoms with Crippen molar-refractivity contribution in [3.63, 3.8) is 0 Å². The van der Waals surface area contributed by atoms with Crippen LogP contribution in [0.3, 0.4) is 0 Å². The molecular weight excluding hydrogens is 222 g/mol. The molecular formula is C12H21NO2S. The van der Waals surface area contributed by atoms with Crippen molar-refractivity contribution in [3.8, 4) is 11.8 Å². The van der Waals surface area contributed by atoms with E-state index in [1.165, 1.54) is 0 Å². The number of likely N-dealkylation sites (N-methyl/N-ethyl adjacent to an activating group) is 1. The zero-order valence-corrected chi connectivity index (χ0v) is 11.4. The van der Waals surface area contributed by atoms with Crippen LogP contribution in [0.1, 0.15) is 27.2 Å². The number of thiol groups is 1. The minimum atomic E-state index is -0.391. The molecule has 16 heavy (non-hydrogen) atoms. The van der Waals surface area contributed by atoms with Crippen LogP contribution >= 0.6 is 12.6 Å². The van der Waals surface area contributed by atoms with E-state index in [1.807, 2.05) is 20.9 Å². The summed E-state index contributed by atoms with van der Waals surface area (Å²) in [5, 5.41) is -0.391. The van der Waals surface area contributed by atoms with E-state index >= 15 is 0 Å². The highest BCUT2D eigenvalue weighted by Gasteiger charge is 2.24. The van der Waals surface area contributed by atoms with Gasteiger partial charge in [0.1, 0.15) is 0 Å². The van der Waals surface area contributed by atoms with E-state index in [0.29, 0.717) is 6.61 Å². The second-order valence-electron chi connectivity index (χ2n) is 3.80. The summed E-state index contributed by atoms with van der Waals surface area (Å²) in [5.41, 5.74) is -0.296. The molecule has 0 spiro atoms. The first kappa shape index (κ1) is 15.5. The van der Waals surface area contributed by atoms with Gasteiger partial charge in [-0.2, -0.15) is 0 Å². The predicted octanol–water partition coefficient (Wildman–Crippen LogP) is 1.58. The number of rotatable bonds is 6. The van der Waals surface area contributed by atoms with Crippen LogP contribution in [0.5, 0.6) is 0 Å². The topological polar surface area (TPSA) is 29.5 Å². The summed E-state index contributed by atoms with van der Waals surface area (Å²) in [6.45, 7) is 8.24. The van der Waals surface area contributed by atoms with Gasteiger partial charge >= 0.3 is 0 Å². The highest BCUT2D eigenvalue weighted by molar-refractivity contribution is 7.97. The van der Waals surface area contributed by atoms with Crippen molar-refractivity contribution in [2.75, 3.05) is 26.8 Å². The average Bonchev–Trinajstić information content (AvgIpc) is 2.26. The van der Waals surface area contributed by atoms with Gasteiger partial charge in [0.25, 0.3) is 5.12 Å². The highest BCUT2D eigenvalue weighted by atomic mass is 32.1. The van der Waals surface area contributed by atoms with Gasteiger partial charge in [-0.15, -0.1) is 0 Å². The van der Waals surface area contributed by atoms with E-state index in [0.717, 1.165) is 19.6 Å². The summed E-state index contributed by atoms with van der Waals surface area (Å²) in [7, 11) is 1.99. The van der Waals surface area contributed by atoms with Crippen LogP contribution < -0.4 is 0 Å². The number of ether oxygens (including phenoxy) is 1. The molecule has 0 aliphatic carbocycles. The minimum Gasteiger partial charge on any atom is -0.380 e. The molecule has 0 aromatic rings. The summed E-state index contributed by atoms with van der Waals surface area (Å²) in [6.07, 6.45) is 0.851. The molecule has 1 atom stereocenters. The molecule has 0 rings (SSSR count). The third kappa shape index (κ3) is 5.55. The lowest BCUT2D eigenvalue weighted by Crippen LogP contribution is -2.43. The molecule has 3 nitrogen and oxygen atoms in total. The van der Waals surface area contributed by atoms with E-state index in [2.05, 4.69) is 36.3 Å². The number of carbonyl (C=O) groups is 1. The maximum atomic E-state index is 10.7. The first-order valence-electron chi connectivity index (χ1n) is 5.51. The number of nitrogens with zero attached hydrogens (tertiary/aromatic N) is 1. The smallest absolute Gasteiger partial charge is 0.259 e. The van der Waals surface area contributed by atoms with Crippen molar-refractivity contribution in [2.24, 2.45) is 0 Å². The van der Waals surface area contributed by atoms with Crippen LogP contribution in [0.4, 0.5) is 0 Å². The lowest BCUT2D eigenvalue weighted by molar-refractivity contribution is -0.106. The fourth-order valence-corrected chi connectivity index (χ4v) is 1.29. The van der Waals surface area contributed by atoms with Crippen LogP contribution in [0.15, 0.2) is 0 Å². The quantitative estimate of drug-likeness (QED) is 0.436. The zero-order valence-electron chi connectivity index (χ0n) is 10.5. The molecule has 0 radical (unpaired) electrons. The monoisotopic (exact) mass is 243 g/mol. The van der Waals surface area contributed by atoms with Gasteiger partial charge in [0.05, 0.1) is 12.1 Å². The lowest BCUT2D eigenvalue weighted by Gasteiger charge is -2.33. The zero-order chi connectivity index (χ0) is 12.6. The Morgan fingerprint density at radius 3 is 2.56 bits per heavy atom. The van der Waals surface area contributed by atoms with Gasteiger partial charge < -0.3 is 4.74 Å². The molecule has 0 saturated carbocycles. The first-order chi connectivity index (χ1) is 7.46. The van der Waals surface area contributed by atoms with Crippen molar-refractivity contribution >= 4 is 17.7 Å². The molecule has 4 heteroatoms. The number of hydrogen-bond donors (Lipinski definition) is 1. The van der Waals surface area contributed by atoms with E-state index in [4.69, 9.17) is 4.74 Å². The third-order valence-corrected chi connectivity index (χ3v) is 2.86. The van der Waals surface area contributed by atoms with Crippen LogP contribution in [-0.2, 0) is 9.53 Å². The molecule has 1 unspecified atom stereocenters. The second kappa shape index (κ2) is 7.72. The summed E-state index contributed by atoms with van der Waals surface area (Å²) in [5.74, 6) is 5.47. The Bertz CT molecular complexity index is 282. The molecule has 0 aromatic heterocycles. The standard InChI is InChI=1S/C12H21NO2S/c1-5-12(3,8-7-11(14)16)13(4)9-10-15-6-2/h5-6,9-10H2,1-4H3,(H,14,16). The molecule has 0 aliphatic rings. The van der Waals surface area contributed by atoms with Crippen molar-refractivity contribution < 1.29 is 9.53 Å².